The molecule has 23 heavy (non-hydrogen) atoms. The monoisotopic (exact) mass is 325 g/mol. The molecular formula is C20H24NOP. The van der Waals surface area contributed by atoms with E-state index in [4.69, 9.17) is 0 Å². The van der Waals surface area contributed by atoms with Gasteiger partial charge in [-0.3, -0.25) is 0 Å². The van der Waals surface area contributed by atoms with Gasteiger partial charge >= 0.3 is 0 Å². The SMILES string of the molecule is O=P(/C=C/NC1CCCCC1)(c1ccccc1)c1ccccc1. The van der Waals surface area contributed by atoms with Crippen LogP contribution in [0.3, 0.4) is 0 Å². The van der Waals surface area contributed by atoms with Crippen molar-refractivity contribution < 1.29 is 4.57 Å². The lowest BCUT2D eigenvalue weighted by molar-refractivity contribution is 0.404. The zero-order valence-corrected chi connectivity index (χ0v) is 14.3. The van der Waals surface area contributed by atoms with Crippen LogP contribution >= 0.6 is 7.14 Å². The number of nitrogens with one attached hydrogen (secondary N) is 1. The van der Waals surface area contributed by atoms with Gasteiger partial charge in [0.2, 0.25) is 0 Å². The Morgan fingerprint density at radius 2 is 1.35 bits per heavy atom. The van der Waals surface area contributed by atoms with Crippen LogP contribution < -0.4 is 15.9 Å². The van der Waals surface area contributed by atoms with Gasteiger partial charge in [-0.2, -0.15) is 0 Å². The summed E-state index contributed by atoms with van der Waals surface area (Å²) in [6.07, 6.45) is 8.28. The summed E-state index contributed by atoms with van der Waals surface area (Å²) in [6.45, 7) is 0. The van der Waals surface area contributed by atoms with Crippen LogP contribution in [0.15, 0.2) is 72.7 Å². The highest BCUT2D eigenvalue weighted by atomic mass is 31.2. The standard InChI is InChI=1S/C20H24NOP/c22-23(19-12-6-2-7-13-19,20-14-8-3-9-15-20)17-16-21-18-10-4-1-5-11-18/h2-3,6-9,12-18,21H,1,4-5,10-11H2/b17-16+. The molecule has 3 rings (SSSR count). The molecule has 0 aromatic heterocycles. The summed E-state index contributed by atoms with van der Waals surface area (Å²) in [4.78, 5) is 0. The summed E-state index contributed by atoms with van der Waals surface area (Å²) >= 11 is 0. The Morgan fingerprint density at radius 3 is 1.87 bits per heavy atom. The second-order valence-corrected chi connectivity index (χ2v) is 8.79. The van der Waals surface area contributed by atoms with Gasteiger partial charge in [0, 0.05) is 22.9 Å². The lowest BCUT2D eigenvalue weighted by Gasteiger charge is -2.22. The summed E-state index contributed by atoms with van der Waals surface area (Å²) in [5, 5.41) is 5.23. The maximum absolute atomic E-state index is 13.7. The predicted molar refractivity (Wildman–Crippen MR) is 98.9 cm³/mol. The first kappa shape index (κ1) is 16.1. The normalized spacial score (nSPS) is 16.5. The second-order valence-electron chi connectivity index (χ2n) is 6.15. The van der Waals surface area contributed by atoms with Crippen molar-refractivity contribution in [3.8, 4) is 0 Å². The van der Waals surface area contributed by atoms with Crippen molar-refractivity contribution in [2.45, 2.75) is 38.1 Å². The van der Waals surface area contributed by atoms with Gasteiger partial charge in [-0.15, -0.1) is 0 Å². The fourth-order valence-electron chi connectivity index (χ4n) is 3.17. The van der Waals surface area contributed by atoms with Gasteiger partial charge in [0.15, 0.2) is 7.14 Å². The fourth-order valence-corrected chi connectivity index (χ4v) is 5.34. The minimum absolute atomic E-state index is 0.528. The third kappa shape index (κ3) is 3.95. The lowest BCUT2D eigenvalue weighted by Crippen LogP contribution is -2.26. The molecule has 0 atom stereocenters. The first-order valence-electron chi connectivity index (χ1n) is 8.44. The third-order valence-corrected chi connectivity index (χ3v) is 7.20. The average molecular weight is 325 g/mol. The van der Waals surface area contributed by atoms with E-state index in [0.29, 0.717) is 6.04 Å². The molecule has 1 N–H and O–H groups in total. The van der Waals surface area contributed by atoms with Crippen LogP contribution in [0, 0.1) is 0 Å². The van der Waals surface area contributed by atoms with Gasteiger partial charge in [0.1, 0.15) is 0 Å². The van der Waals surface area contributed by atoms with E-state index in [1.807, 2.05) is 72.7 Å². The molecule has 0 heterocycles. The van der Waals surface area contributed by atoms with E-state index >= 15 is 0 Å². The summed E-state index contributed by atoms with van der Waals surface area (Å²) in [7, 11) is -2.73. The molecule has 2 nitrogen and oxygen atoms in total. The van der Waals surface area contributed by atoms with E-state index in [9.17, 15) is 4.57 Å². The van der Waals surface area contributed by atoms with Gasteiger partial charge in [0.05, 0.1) is 0 Å². The molecule has 1 saturated carbocycles. The third-order valence-electron chi connectivity index (χ3n) is 4.50. The zero-order chi connectivity index (χ0) is 16.0. The Hall–Kier alpha value is -1.79. The van der Waals surface area contributed by atoms with Crippen molar-refractivity contribution in [2.75, 3.05) is 0 Å². The van der Waals surface area contributed by atoms with Crippen LogP contribution in [-0.4, -0.2) is 6.04 Å². The summed E-state index contributed by atoms with van der Waals surface area (Å²) in [5.41, 5.74) is 0. The highest BCUT2D eigenvalue weighted by Crippen LogP contribution is 2.44. The molecule has 0 unspecified atom stereocenters. The van der Waals surface area contributed by atoms with Gasteiger partial charge in [0.25, 0.3) is 0 Å². The Bertz CT molecular complexity index is 632. The van der Waals surface area contributed by atoms with E-state index in [1.165, 1.54) is 32.1 Å². The average Bonchev–Trinajstić information content (AvgIpc) is 2.64. The number of hydrogen-bond acceptors (Lipinski definition) is 2. The van der Waals surface area contributed by atoms with E-state index in [-0.39, 0.29) is 0 Å². The highest BCUT2D eigenvalue weighted by molar-refractivity contribution is 7.81. The molecule has 0 bridgehead atoms. The van der Waals surface area contributed by atoms with Crippen molar-refractivity contribution in [3.05, 3.63) is 72.7 Å². The summed E-state index contributed by atoms with van der Waals surface area (Å²) in [6, 6.07) is 20.1. The first-order chi connectivity index (χ1) is 11.3. The Morgan fingerprint density at radius 1 is 0.826 bits per heavy atom. The van der Waals surface area contributed by atoms with Crippen LogP contribution in [0.5, 0.6) is 0 Å². The van der Waals surface area contributed by atoms with Crippen molar-refractivity contribution >= 4 is 17.8 Å². The van der Waals surface area contributed by atoms with E-state index in [2.05, 4.69) is 5.32 Å². The van der Waals surface area contributed by atoms with Gasteiger partial charge < -0.3 is 9.88 Å². The highest BCUT2D eigenvalue weighted by Gasteiger charge is 2.23. The quantitative estimate of drug-likeness (QED) is 0.826. The lowest BCUT2D eigenvalue weighted by atomic mass is 9.96. The molecule has 120 valence electrons. The number of benzene rings is 2. The predicted octanol–water partition coefficient (Wildman–Crippen LogP) is 4.39. The smallest absolute Gasteiger partial charge is 0.165 e. The molecule has 0 aliphatic heterocycles. The van der Waals surface area contributed by atoms with Crippen molar-refractivity contribution in [3.63, 3.8) is 0 Å². The van der Waals surface area contributed by atoms with E-state index in [1.54, 1.807) is 0 Å². The largest absolute Gasteiger partial charge is 0.388 e. The maximum Gasteiger partial charge on any atom is 0.165 e. The Balaban J connectivity index is 1.85. The van der Waals surface area contributed by atoms with Gasteiger partial charge in [-0.25, -0.2) is 0 Å². The molecular weight excluding hydrogens is 301 g/mol. The molecule has 2 aromatic carbocycles. The molecule has 0 spiro atoms. The molecule has 1 aliphatic carbocycles. The van der Waals surface area contributed by atoms with Crippen molar-refractivity contribution in [2.24, 2.45) is 0 Å². The summed E-state index contributed by atoms with van der Waals surface area (Å²) in [5.74, 6) is 1.88. The number of hydrogen-bond donors (Lipinski definition) is 1. The molecule has 2 aromatic rings. The molecule has 3 heteroatoms. The molecule has 0 amide bonds. The van der Waals surface area contributed by atoms with Crippen LogP contribution in [0.2, 0.25) is 0 Å². The first-order valence-corrected chi connectivity index (χ1v) is 10.2. The minimum Gasteiger partial charge on any atom is -0.388 e. The fraction of sp³-hybridized carbons (Fsp3) is 0.300. The second kappa shape index (κ2) is 7.66. The molecule has 0 radical (unpaired) electrons. The van der Waals surface area contributed by atoms with Crippen LogP contribution in [0.1, 0.15) is 32.1 Å². The van der Waals surface area contributed by atoms with E-state index in [0.717, 1.165) is 10.6 Å². The number of rotatable bonds is 5. The summed E-state index contributed by atoms with van der Waals surface area (Å²) < 4.78 is 13.7. The van der Waals surface area contributed by atoms with Crippen molar-refractivity contribution in [1.29, 1.82) is 0 Å². The maximum atomic E-state index is 13.7. The molecule has 0 saturated heterocycles. The zero-order valence-electron chi connectivity index (χ0n) is 13.4. The molecule has 1 fully saturated rings. The van der Waals surface area contributed by atoms with E-state index < -0.39 is 7.14 Å². The van der Waals surface area contributed by atoms with Gasteiger partial charge in [-0.05, 0) is 18.7 Å². The van der Waals surface area contributed by atoms with Crippen molar-refractivity contribution in [1.82, 2.24) is 5.32 Å². The minimum atomic E-state index is -2.73. The van der Waals surface area contributed by atoms with Crippen LogP contribution in [0.4, 0.5) is 0 Å². The van der Waals surface area contributed by atoms with Crippen LogP contribution in [0.25, 0.3) is 0 Å². The Kier molecular flexibility index (Phi) is 5.35. The Labute approximate surface area is 139 Å². The molecule has 1 aliphatic rings. The topological polar surface area (TPSA) is 29.1 Å². The van der Waals surface area contributed by atoms with Gasteiger partial charge in [-0.1, -0.05) is 79.9 Å². The van der Waals surface area contributed by atoms with Crippen LogP contribution in [-0.2, 0) is 4.57 Å².